The molecular formula is C75H70Br5N15O15. The van der Waals surface area contributed by atoms with Crippen molar-refractivity contribution >= 4 is 220 Å². The van der Waals surface area contributed by atoms with Crippen molar-refractivity contribution in [3.05, 3.63) is 164 Å². The number of ketones is 10. The van der Waals surface area contributed by atoms with Gasteiger partial charge in [-0.05, 0) is 127 Å². The number of hydrogen-bond donors (Lipinski definition) is 5. The third-order valence-electron chi connectivity index (χ3n) is 19.0. The van der Waals surface area contributed by atoms with Gasteiger partial charge in [-0.2, -0.15) is 0 Å². The van der Waals surface area contributed by atoms with E-state index in [9.17, 15) is 71.9 Å². The highest BCUT2D eigenvalue weighted by Gasteiger charge is 2.36. The number of nitrogens with two attached hydrogens (primary N) is 5. The fourth-order valence-corrected chi connectivity index (χ4v) is 16.4. The predicted octanol–water partition coefficient (Wildman–Crippen LogP) is 9.56. The van der Waals surface area contributed by atoms with Crippen LogP contribution in [-0.2, 0) is 47.9 Å². The Morgan fingerprint density at radius 1 is 0.291 bits per heavy atom. The van der Waals surface area contributed by atoms with Crippen molar-refractivity contribution in [3.63, 3.8) is 0 Å². The number of Topliss-reactive ketones (excluding diaryl/α,β-unsaturated/α-hetero) is 10. The number of carbonyl (C=O) groups excluding carboxylic acids is 10. The third-order valence-corrected chi connectivity index (χ3v) is 21.3. The highest BCUT2D eigenvalue weighted by Crippen LogP contribution is 2.34. The maximum atomic E-state index is 12.9. The number of nitrogens with zero attached hydrogens (tertiary/aromatic N) is 10. The number of hydrogen-bond acceptors (Lipinski definition) is 25. The summed E-state index contributed by atoms with van der Waals surface area (Å²) in [4.78, 5) is 204. The number of nitrogen functional groups attached to an aromatic ring is 5. The molecule has 0 aliphatic heterocycles. The Hall–Kier alpha value is -10.1. The van der Waals surface area contributed by atoms with Gasteiger partial charge in [0.25, 0.3) is 27.8 Å². The van der Waals surface area contributed by atoms with Crippen LogP contribution >= 0.6 is 79.6 Å². The molecule has 5 aromatic heterocycles. The molecule has 110 heavy (non-hydrogen) atoms. The Balaban J connectivity index is 0.000000139. The Morgan fingerprint density at radius 2 is 0.473 bits per heavy atom. The first-order valence-electron chi connectivity index (χ1n) is 35.6. The van der Waals surface area contributed by atoms with Gasteiger partial charge in [0.1, 0.15) is 58.0 Å². The van der Waals surface area contributed by atoms with Crippen LogP contribution in [0.3, 0.4) is 0 Å². The van der Waals surface area contributed by atoms with Crippen molar-refractivity contribution in [1.29, 1.82) is 0 Å². The number of aryl methyl sites for hydroxylation is 5. The number of anilines is 5. The number of aromatic nitrogens is 10. The molecule has 0 amide bonds. The predicted molar refractivity (Wildman–Crippen MR) is 429 cm³/mol. The lowest BCUT2D eigenvalue weighted by Gasteiger charge is -2.24. The van der Waals surface area contributed by atoms with Crippen molar-refractivity contribution in [1.82, 2.24) is 47.8 Å². The first-order valence-corrected chi connectivity index (χ1v) is 38.1. The quantitative estimate of drug-likeness (QED) is 0.0790. The summed E-state index contributed by atoms with van der Waals surface area (Å²) in [5, 5.41) is 1.14. The maximum Gasteiger partial charge on any atom is 0.264 e. The normalized spacial score (nSPS) is 21.3. The molecule has 5 atom stereocenters. The Bertz CT molecular complexity index is 5740. The lowest BCUT2D eigenvalue weighted by molar-refractivity contribution is -0.133. The molecule has 5 aromatic carbocycles. The number of halogens is 5. The van der Waals surface area contributed by atoms with E-state index in [0.717, 1.165) is 22.6 Å². The largest absolute Gasteiger partial charge is 0.398 e. The van der Waals surface area contributed by atoms with Gasteiger partial charge in [0, 0.05) is 82.9 Å². The molecule has 10 N–H and O–H groups in total. The van der Waals surface area contributed by atoms with E-state index >= 15 is 0 Å². The zero-order chi connectivity index (χ0) is 82.8. The van der Waals surface area contributed by atoms with Crippen LogP contribution in [0.2, 0.25) is 0 Å². The topological polar surface area (TPSA) is 475 Å². The number of carbonyl (C=O) groups is 10. The van der Waals surface area contributed by atoms with E-state index in [1.165, 1.54) is 9.13 Å². The molecule has 0 saturated heterocycles. The first kappa shape index (κ1) is 76.7. The van der Waals surface area contributed by atoms with Crippen molar-refractivity contribution in [2.24, 2.45) is 0 Å². The molecule has 0 spiro atoms. The van der Waals surface area contributed by atoms with Crippen molar-refractivity contribution in [2.75, 3.05) is 28.7 Å². The summed E-state index contributed by atoms with van der Waals surface area (Å²) in [6.07, 6.45) is 0.221. The molecule has 5 fully saturated rings. The van der Waals surface area contributed by atoms with Crippen LogP contribution < -0.4 is 56.5 Å². The second-order valence-electron chi connectivity index (χ2n) is 26.7. The minimum atomic E-state index is -1.81. The van der Waals surface area contributed by atoms with E-state index < -0.39 is 64.2 Å². The van der Waals surface area contributed by atoms with E-state index in [2.05, 4.69) is 105 Å². The van der Waals surface area contributed by atoms with Crippen molar-refractivity contribution in [2.45, 2.75) is 161 Å². The minimum Gasteiger partial charge on any atom is -0.398 e. The molecule has 5 aliphatic carbocycles. The summed E-state index contributed by atoms with van der Waals surface area (Å²) in [7, 11) is 0. The molecule has 5 aliphatic rings. The van der Waals surface area contributed by atoms with Crippen LogP contribution in [0.5, 0.6) is 0 Å². The summed E-state index contributed by atoms with van der Waals surface area (Å²) in [6.45, 7) is 8.07. The van der Waals surface area contributed by atoms with Gasteiger partial charge in [0.05, 0.1) is 121 Å². The Morgan fingerprint density at radius 3 is 0.673 bits per heavy atom. The van der Waals surface area contributed by atoms with Crippen LogP contribution in [0.25, 0.3) is 54.5 Å². The van der Waals surface area contributed by atoms with Gasteiger partial charge in [-0.15, -0.1) is 0 Å². The molecule has 0 radical (unpaired) electrons. The summed E-state index contributed by atoms with van der Waals surface area (Å²) in [6, 6.07) is 9.72. The minimum absolute atomic E-state index is 0.0327. The SMILES string of the molecule is Cc1nc2cc(Br)cc(N)c2c(=O)n1[C@@H]1CCC(=O)CC1=O.Cc1nc2cc(Br)cc(N)c2c(=O)n1[C@H]1CCC(=O)CC1=O.[2H]C1(n2c(C)nc3cc(Br)cc(N)c3c2=O)CCC(=O)CC1=O.[2H][C@@]1(n2c(C)nc3cc(Br)cc(N)c3c2=O)CCC(=O)CC1=O.[2H][C@]1(n2c(C)nc3cc(Br)cc(N)c3c2=O)CCC(=O)CC1=O. The van der Waals surface area contributed by atoms with E-state index in [-0.39, 0.29) is 173 Å². The van der Waals surface area contributed by atoms with Gasteiger partial charge in [-0.25, -0.2) is 24.9 Å². The van der Waals surface area contributed by atoms with Crippen LogP contribution in [0.4, 0.5) is 28.4 Å². The zero-order valence-corrected chi connectivity index (χ0v) is 67.3. The van der Waals surface area contributed by atoms with Gasteiger partial charge in [0.15, 0.2) is 28.9 Å². The van der Waals surface area contributed by atoms with E-state index in [4.69, 9.17) is 32.8 Å². The molecule has 10 aromatic rings. The molecule has 570 valence electrons. The van der Waals surface area contributed by atoms with Gasteiger partial charge in [-0.3, -0.25) is 94.8 Å². The summed E-state index contributed by atoms with van der Waals surface area (Å²) in [5.41, 5.74) is 30.9. The van der Waals surface area contributed by atoms with E-state index in [1.807, 2.05) is 0 Å². The fourth-order valence-electron chi connectivity index (χ4n) is 14.1. The van der Waals surface area contributed by atoms with Gasteiger partial charge in [-0.1, -0.05) is 79.6 Å². The summed E-state index contributed by atoms with van der Waals surface area (Å²) < 4.78 is 35.0. The summed E-state index contributed by atoms with van der Waals surface area (Å²) >= 11 is 16.5. The second-order valence-corrected chi connectivity index (χ2v) is 31.3. The molecule has 35 heteroatoms. The van der Waals surface area contributed by atoms with E-state index in [1.54, 1.807) is 95.3 Å². The molecule has 0 bridgehead atoms. The Kier molecular flexibility index (Phi) is 22.9. The third kappa shape index (κ3) is 16.7. The maximum absolute atomic E-state index is 12.9. The average Bonchev–Trinajstić information content (AvgIpc) is 0.744. The van der Waals surface area contributed by atoms with Crippen molar-refractivity contribution in [3.8, 4) is 0 Å². The van der Waals surface area contributed by atoms with Gasteiger partial charge < -0.3 is 28.7 Å². The van der Waals surface area contributed by atoms with Gasteiger partial charge >= 0.3 is 0 Å². The molecule has 5 saturated carbocycles. The fraction of sp³-hybridized carbons (Fsp3) is 0.333. The monoisotopic (exact) mass is 1820 g/mol. The molecular weight excluding hydrogens is 1750 g/mol. The summed E-state index contributed by atoms with van der Waals surface area (Å²) in [5.74, 6) is -1.38. The number of benzene rings is 5. The number of fused-ring (bicyclic) bond motifs is 5. The van der Waals surface area contributed by atoms with E-state index in [0.29, 0.717) is 100 Å². The first-order chi connectivity index (χ1) is 53.0. The zero-order valence-electron chi connectivity index (χ0n) is 62.4. The highest BCUT2D eigenvalue weighted by molar-refractivity contribution is 9.11. The van der Waals surface area contributed by atoms with Crippen LogP contribution in [0.15, 0.2) is 107 Å². The standard InChI is InChI=1S/5C15H14BrN3O3/c5*1-7-18-11-5-8(16)4-10(17)14(11)15(22)19(7)12-3-2-9(20)6-13(12)21/h5*4-5,12H,2-3,6,17H2,1H3/t4*12-;/m1100./s1/i12D;;12D;;12D. The van der Waals surface area contributed by atoms with Crippen LogP contribution in [0, 0.1) is 34.6 Å². The van der Waals surface area contributed by atoms with Crippen LogP contribution in [-0.4, -0.2) is 106 Å². The van der Waals surface area contributed by atoms with Crippen molar-refractivity contribution < 1.29 is 52.1 Å². The molecule has 1 unspecified atom stereocenters. The molecule has 15 rings (SSSR count). The molecule has 5 heterocycles. The lowest BCUT2D eigenvalue weighted by atomic mass is 9.92. The molecule has 30 nitrogen and oxygen atoms in total. The smallest absolute Gasteiger partial charge is 0.264 e. The lowest BCUT2D eigenvalue weighted by Crippen LogP contribution is -2.36. The second kappa shape index (κ2) is 32.8. The van der Waals surface area contributed by atoms with Crippen LogP contribution in [0.1, 0.15) is 160 Å². The number of rotatable bonds is 5. The Labute approximate surface area is 669 Å². The highest BCUT2D eigenvalue weighted by atomic mass is 79.9. The average molecular weight is 1820 g/mol. The van der Waals surface area contributed by atoms with Gasteiger partial charge in [0.2, 0.25) is 0 Å².